The van der Waals surface area contributed by atoms with E-state index in [9.17, 15) is 9.59 Å². The molecule has 0 bridgehead atoms. The maximum atomic E-state index is 12.6. The van der Waals surface area contributed by atoms with Gasteiger partial charge in [0.15, 0.2) is 5.37 Å². The number of thioether (sulfide) groups is 1. The van der Waals surface area contributed by atoms with Crippen LogP contribution >= 0.6 is 11.8 Å². The number of methoxy groups -OCH3 is 1. The SMILES string of the molecule is COc1cccc(NC2SC(=O)N(c3ccccc3C)C2=O)c1. The molecule has 1 atom stereocenters. The van der Waals surface area contributed by atoms with Crippen molar-refractivity contribution in [1.29, 1.82) is 0 Å². The Hall–Kier alpha value is -2.47. The van der Waals surface area contributed by atoms with E-state index in [4.69, 9.17) is 4.74 Å². The maximum Gasteiger partial charge on any atom is 0.295 e. The summed E-state index contributed by atoms with van der Waals surface area (Å²) < 4.78 is 5.16. The lowest BCUT2D eigenvalue weighted by molar-refractivity contribution is -0.116. The number of nitrogens with one attached hydrogen (secondary N) is 1. The molecule has 0 spiro atoms. The van der Waals surface area contributed by atoms with Crippen molar-refractivity contribution in [1.82, 2.24) is 0 Å². The molecule has 1 saturated heterocycles. The van der Waals surface area contributed by atoms with Gasteiger partial charge >= 0.3 is 0 Å². The van der Waals surface area contributed by atoms with Crippen molar-refractivity contribution in [2.45, 2.75) is 12.3 Å². The van der Waals surface area contributed by atoms with Crippen LogP contribution in [0.1, 0.15) is 5.56 Å². The highest BCUT2D eigenvalue weighted by atomic mass is 32.2. The Morgan fingerprint density at radius 3 is 2.65 bits per heavy atom. The Balaban J connectivity index is 1.82. The fraction of sp³-hybridized carbons (Fsp3) is 0.176. The molecule has 118 valence electrons. The van der Waals surface area contributed by atoms with Crippen molar-refractivity contribution in [3.05, 3.63) is 54.1 Å². The Labute approximate surface area is 138 Å². The number of aryl methyl sites for hydroxylation is 1. The van der Waals surface area contributed by atoms with Crippen molar-refractivity contribution < 1.29 is 14.3 Å². The predicted octanol–water partition coefficient (Wildman–Crippen LogP) is 3.64. The van der Waals surface area contributed by atoms with Gasteiger partial charge in [0.1, 0.15) is 5.75 Å². The van der Waals surface area contributed by atoms with E-state index in [2.05, 4.69) is 5.32 Å². The first-order chi connectivity index (χ1) is 11.1. The van der Waals surface area contributed by atoms with Gasteiger partial charge in [0.05, 0.1) is 12.8 Å². The van der Waals surface area contributed by atoms with E-state index >= 15 is 0 Å². The highest BCUT2D eigenvalue weighted by Gasteiger charge is 2.41. The van der Waals surface area contributed by atoms with E-state index in [1.54, 1.807) is 19.2 Å². The molecule has 0 aliphatic carbocycles. The average Bonchev–Trinajstić information content (AvgIpc) is 2.82. The molecule has 2 amide bonds. The third-order valence-electron chi connectivity index (χ3n) is 3.57. The van der Waals surface area contributed by atoms with Crippen LogP contribution in [-0.4, -0.2) is 23.6 Å². The van der Waals surface area contributed by atoms with Gasteiger partial charge in [-0.05, 0) is 42.4 Å². The lowest BCUT2D eigenvalue weighted by Crippen LogP contribution is -2.34. The quantitative estimate of drug-likeness (QED) is 0.928. The number of rotatable bonds is 4. The van der Waals surface area contributed by atoms with Crippen LogP contribution in [0, 0.1) is 6.92 Å². The number of para-hydroxylation sites is 1. The second-order valence-electron chi connectivity index (χ2n) is 5.10. The summed E-state index contributed by atoms with van der Waals surface area (Å²) in [6, 6.07) is 14.6. The van der Waals surface area contributed by atoms with E-state index in [0.717, 1.165) is 23.0 Å². The molecule has 0 aromatic heterocycles. The van der Waals surface area contributed by atoms with Crippen LogP contribution < -0.4 is 15.0 Å². The molecule has 2 aromatic carbocycles. The molecule has 5 nitrogen and oxygen atoms in total. The van der Waals surface area contributed by atoms with Gasteiger partial charge in [0, 0.05) is 11.8 Å². The largest absolute Gasteiger partial charge is 0.497 e. The molecule has 23 heavy (non-hydrogen) atoms. The monoisotopic (exact) mass is 328 g/mol. The highest BCUT2D eigenvalue weighted by molar-refractivity contribution is 8.16. The molecule has 3 rings (SSSR count). The number of carbonyl (C=O) groups is 2. The summed E-state index contributed by atoms with van der Waals surface area (Å²) in [5, 5.41) is 2.17. The summed E-state index contributed by atoms with van der Waals surface area (Å²) in [4.78, 5) is 26.1. The Kier molecular flexibility index (Phi) is 4.25. The molecule has 6 heteroatoms. The van der Waals surface area contributed by atoms with Gasteiger partial charge < -0.3 is 10.1 Å². The standard InChI is InChI=1S/C17H16N2O3S/c1-11-6-3-4-9-14(11)19-16(20)15(23-17(19)21)18-12-7-5-8-13(10-12)22-2/h3-10,15,18H,1-2H3. The summed E-state index contributed by atoms with van der Waals surface area (Å²) in [5.74, 6) is 0.421. The number of anilines is 2. The number of nitrogens with zero attached hydrogens (tertiary/aromatic N) is 1. The Morgan fingerprint density at radius 2 is 1.91 bits per heavy atom. The number of carbonyl (C=O) groups excluding carboxylic acids is 2. The first-order valence-corrected chi connectivity index (χ1v) is 7.99. The Morgan fingerprint density at radius 1 is 1.13 bits per heavy atom. The van der Waals surface area contributed by atoms with Gasteiger partial charge in [-0.1, -0.05) is 24.3 Å². The molecule has 1 aliphatic heterocycles. The summed E-state index contributed by atoms with van der Waals surface area (Å²) in [6.45, 7) is 1.88. The number of benzene rings is 2. The van der Waals surface area contributed by atoms with Gasteiger partial charge in [0.25, 0.3) is 11.1 Å². The first kappa shape index (κ1) is 15.4. The number of imide groups is 1. The van der Waals surface area contributed by atoms with Gasteiger partial charge in [-0.2, -0.15) is 0 Å². The zero-order valence-corrected chi connectivity index (χ0v) is 13.6. The normalized spacial score (nSPS) is 17.5. The summed E-state index contributed by atoms with van der Waals surface area (Å²) in [6.07, 6.45) is 0. The summed E-state index contributed by atoms with van der Waals surface area (Å²) in [5.41, 5.74) is 2.25. The van der Waals surface area contributed by atoms with E-state index in [1.165, 1.54) is 4.90 Å². The van der Waals surface area contributed by atoms with Crippen LogP contribution in [0.4, 0.5) is 16.2 Å². The molecule has 1 aliphatic rings. The number of hydrogen-bond acceptors (Lipinski definition) is 5. The number of hydrogen-bond donors (Lipinski definition) is 1. The van der Waals surface area contributed by atoms with E-state index in [0.29, 0.717) is 11.4 Å². The Bertz CT molecular complexity index is 763. The smallest absolute Gasteiger partial charge is 0.295 e. The average molecular weight is 328 g/mol. The third-order valence-corrected chi connectivity index (χ3v) is 4.51. The lowest BCUT2D eigenvalue weighted by atomic mass is 10.2. The minimum absolute atomic E-state index is 0.267. The molecule has 0 radical (unpaired) electrons. The van der Waals surface area contributed by atoms with E-state index in [-0.39, 0.29) is 11.1 Å². The second-order valence-corrected chi connectivity index (χ2v) is 6.16. The molecule has 2 aromatic rings. The minimum atomic E-state index is -0.644. The van der Waals surface area contributed by atoms with Crippen molar-refractivity contribution in [3.63, 3.8) is 0 Å². The summed E-state index contributed by atoms with van der Waals surface area (Å²) >= 11 is 0.979. The fourth-order valence-corrected chi connectivity index (χ4v) is 3.29. The third kappa shape index (κ3) is 3.03. The number of ether oxygens (including phenoxy) is 1. The van der Waals surface area contributed by atoms with Crippen LogP contribution in [0.25, 0.3) is 0 Å². The van der Waals surface area contributed by atoms with Crippen LogP contribution in [0.15, 0.2) is 48.5 Å². The van der Waals surface area contributed by atoms with Gasteiger partial charge in [0.2, 0.25) is 0 Å². The zero-order valence-electron chi connectivity index (χ0n) is 12.8. The maximum absolute atomic E-state index is 12.6. The van der Waals surface area contributed by atoms with Gasteiger partial charge in [-0.3, -0.25) is 9.59 Å². The molecular weight excluding hydrogens is 312 g/mol. The topological polar surface area (TPSA) is 58.6 Å². The molecule has 0 saturated carbocycles. The van der Waals surface area contributed by atoms with Crippen molar-refractivity contribution in [2.75, 3.05) is 17.3 Å². The van der Waals surface area contributed by atoms with Crippen LogP contribution in [0.3, 0.4) is 0 Å². The lowest BCUT2D eigenvalue weighted by Gasteiger charge is -2.17. The second kappa shape index (κ2) is 6.34. The van der Waals surface area contributed by atoms with Gasteiger partial charge in [-0.25, -0.2) is 4.90 Å². The van der Waals surface area contributed by atoms with Gasteiger partial charge in [-0.15, -0.1) is 0 Å². The van der Waals surface area contributed by atoms with Crippen molar-refractivity contribution in [3.8, 4) is 5.75 Å². The van der Waals surface area contributed by atoms with Crippen LogP contribution in [0.2, 0.25) is 0 Å². The molecule has 1 unspecified atom stereocenters. The number of amides is 2. The first-order valence-electron chi connectivity index (χ1n) is 7.11. The highest BCUT2D eigenvalue weighted by Crippen LogP contribution is 2.34. The van der Waals surface area contributed by atoms with E-state index < -0.39 is 5.37 Å². The van der Waals surface area contributed by atoms with Crippen molar-refractivity contribution in [2.24, 2.45) is 0 Å². The fourth-order valence-electron chi connectivity index (χ4n) is 2.40. The molecule has 1 fully saturated rings. The molecular formula is C17H16N2O3S. The molecule has 1 heterocycles. The van der Waals surface area contributed by atoms with Crippen molar-refractivity contribution >= 4 is 34.3 Å². The van der Waals surface area contributed by atoms with Crippen LogP contribution in [0.5, 0.6) is 5.75 Å². The van der Waals surface area contributed by atoms with E-state index in [1.807, 2.05) is 43.3 Å². The summed E-state index contributed by atoms with van der Waals surface area (Å²) in [7, 11) is 1.58. The predicted molar refractivity (Wildman–Crippen MR) is 92.1 cm³/mol. The minimum Gasteiger partial charge on any atom is -0.497 e. The van der Waals surface area contributed by atoms with Crippen LogP contribution in [-0.2, 0) is 4.79 Å². The zero-order chi connectivity index (χ0) is 16.4. The molecule has 1 N–H and O–H groups in total.